The van der Waals surface area contributed by atoms with Gasteiger partial charge in [-0.3, -0.25) is 0 Å². The minimum absolute atomic E-state index is 0.665. The van der Waals surface area contributed by atoms with E-state index in [9.17, 15) is 5.11 Å². The summed E-state index contributed by atoms with van der Waals surface area (Å²) < 4.78 is 2.82. The van der Waals surface area contributed by atoms with Gasteiger partial charge in [0, 0.05) is 0 Å². The van der Waals surface area contributed by atoms with E-state index in [4.69, 9.17) is 0 Å². The Balaban J connectivity index is 2.67. The van der Waals surface area contributed by atoms with Gasteiger partial charge in [-0.05, 0) is 0 Å². The van der Waals surface area contributed by atoms with Gasteiger partial charge in [0.1, 0.15) is 0 Å². The maximum atomic E-state index is 9.51. The van der Waals surface area contributed by atoms with Gasteiger partial charge in [-0.25, -0.2) is 0 Å². The fraction of sp³-hybridized carbons (Fsp3) is 0. The predicted octanol–water partition coefficient (Wildman–Crippen LogP) is 1.23. The van der Waals surface area contributed by atoms with Crippen LogP contribution in [-0.2, 0) is 0 Å². The van der Waals surface area contributed by atoms with E-state index < -0.39 is 22.4 Å². The van der Waals surface area contributed by atoms with Crippen molar-refractivity contribution in [3.8, 4) is 0 Å². The monoisotopic (exact) mass is 246 g/mol. The fourth-order valence-electron chi connectivity index (χ4n) is 1.21. The second-order valence-corrected chi connectivity index (χ2v) is 6.11. The van der Waals surface area contributed by atoms with Crippen molar-refractivity contribution in [2.24, 2.45) is 0 Å². The molecular weight excluding hydrogens is 239 g/mol. The molecule has 1 aromatic carbocycles. The van der Waals surface area contributed by atoms with Crippen LogP contribution < -0.4 is 0 Å². The first kappa shape index (κ1) is 7.17. The van der Waals surface area contributed by atoms with Crippen molar-refractivity contribution in [3.05, 3.63) is 39.2 Å². The van der Waals surface area contributed by atoms with E-state index in [1.807, 2.05) is 24.3 Å². The van der Waals surface area contributed by atoms with Gasteiger partial charge < -0.3 is 0 Å². The number of aliphatic hydroxyl groups excluding tert-OH is 1. The Bertz CT molecular complexity index is 339. The molecule has 0 atom stereocenters. The fourth-order valence-corrected chi connectivity index (χ4v) is 3.86. The Labute approximate surface area is 76.2 Å². The molecule has 52 valence electrons. The normalized spacial score (nSPS) is 13.3. The topological polar surface area (TPSA) is 20.2 Å². The van der Waals surface area contributed by atoms with Crippen molar-refractivity contribution < 1.29 is 5.11 Å². The molecular formula is C9H7InO. The van der Waals surface area contributed by atoms with E-state index in [1.165, 1.54) is 0 Å². The zero-order valence-electron chi connectivity index (χ0n) is 5.99. The van der Waals surface area contributed by atoms with Crippen molar-refractivity contribution >= 4 is 31.9 Å². The Morgan fingerprint density at radius 3 is 2.82 bits per heavy atom. The summed E-state index contributed by atoms with van der Waals surface area (Å²) in [5.74, 6) is 0. The van der Waals surface area contributed by atoms with Gasteiger partial charge in [0.05, 0.1) is 0 Å². The van der Waals surface area contributed by atoms with Crippen LogP contribution in [0, 0.1) is 0 Å². The molecule has 0 fully saturated rings. The second-order valence-electron chi connectivity index (χ2n) is 2.50. The minimum atomic E-state index is -0.907. The predicted molar refractivity (Wildman–Crippen MR) is 47.3 cm³/mol. The van der Waals surface area contributed by atoms with Crippen LogP contribution in [0.3, 0.4) is 0 Å². The molecule has 0 spiro atoms. The summed E-state index contributed by atoms with van der Waals surface area (Å²) in [5.41, 5.74) is 2.21. The molecule has 1 nitrogen and oxygen atoms in total. The third kappa shape index (κ3) is 1.27. The Morgan fingerprint density at radius 2 is 2.00 bits per heavy atom. The van der Waals surface area contributed by atoms with E-state index in [0.717, 1.165) is 11.1 Å². The summed E-state index contributed by atoms with van der Waals surface area (Å²) in [5, 5.41) is 9.51. The zero-order valence-corrected chi connectivity index (χ0v) is 9.28. The molecule has 1 N–H and O–H groups in total. The van der Waals surface area contributed by atoms with Crippen molar-refractivity contribution in [1.82, 2.24) is 0 Å². The molecule has 0 bridgehead atoms. The molecule has 1 aliphatic rings. The van der Waals surface area contributed by atoms with E-state index in [0.29, 0.717) is 3.44 Å². The zero-order chi connectivity index (χ0) is 7.68. The van der Waals surface area contributed by atoms with Gasteiger partial charge in [0.2, 0.25) is 0 Å². The van der Waals surface area contributed by atoms with Crippen LogP contribution in [0.25, 0.3) is 6.08 Å². The first-order chi connectivity index (χ1) is 5.38. The van der Waals surface area contributed by atoms with Crippen molar-refractivity contribution in [2.75, 3.05) is 0 Å². The van der Waals surface area contributed by atoms with Crippen LogP contribution >= 0.6 is 0 Å². The van der Waals surface area contributed by atoms with Crippen LogP contribution in [0.15, 0.2) is 28.1 Å². The molecule has 1 heterocycles. The number of hydrogen-bond donors (Lipinski definition) is 1. The van der Waals surface area contributed by atoms with E-state index in [2.05, 4.69) is 9.91 Å². The molecule has 0 unspecified atom stereocenters. The summed E-state index contributed by atoms with van der Waals surface area (Å²) in [6, 6.07) is 7.98. The van der Waals surface area contributed by atoms with E-state index >= 15 is 0 Å². The third-order valence-corrected chi connectivity index (χ3v) is 4.65. The Morgan fingerprint density at radius 1 is 1.18 bits per heavy atom. The van der Waals surface area contributed by atoms with Crippen LogP contribution in [0.2, 0.25) is 0 Å². The Hall–Kier alpha value is -0.500. The van der Waals surface area contributed by atoms with Crippen LogP contribution in [0.5, 0.6) is 0 Å². The SMILES string of the molecule is O[C]1=[In][CH]=Cc2ccccc21. The van der Waals surface area contributed by atoms with Gasteiger partial charge in [-0.1, -0.05) is 0 Å². The van der Waals surface area contributed by atoms with Gasteiger partial charge in [0.25, 0.3) is 0 Å². The maximum absolute atomic E-state index is 9.51. The van der Waals surface area contributed by atoms with Crippen molar-refractivity contribution in [1.29, 1.82) is 0 Å². The van der Waals surface area contributed by atoms with Gasteiger partial charge >= 0.3 is 76.3 Å². The standard InChI is InChI=1S/C9H7O.In/c1-2-8-5-3-4-6-9(8)7-10;/h1-6,10H;. The van der Waals surface area contributed by atoms with Gasteiger partial charge in [0.15, 0.2) is 0 Å². The average Bonchev–Trinajstić information content (AvgIpc) is 2.06. The van der Waals surface area contributed by atoms with Gasteiger partial charge in [-0.2, -0.15) is 0 Å². The number of fused-ring (bicyclic) bond motifs is 1. The molecule has 0 saturated carbocycles. The summed E-state index contributed by atoms with van der Waals surface area (Å²) >= 11 is -0.907. The van der Waals surface area contributed by atoms with Crippen molar-refractivity contribution in [3.63, 3.8) is 0 Å². The molecule has 1 aromatic rings. The van der Waals surface area contributed by atoms with Gasteiger partial charge in [-0.15, -0.1) is 0 Å². The number of aliphatic hydroxyl groups is 1. The average molecular weight is 246 g/mol. The molecule has 0 radical (unpaired) electrons. The first-order valence-electron chi connectivity index (χ1n) is 3.54. The summed E-state index contributed by atoms with van der Waals surface area (Å²) in [6.07, 6.45) is 2.12. The first-order valence-corrected chi connectivity index (χ1v) is 7.10. The van der Waals surface area contributed by atoms with Crippen LogP contribution in [-0.4, -0.2) is 31.0 Å². The number of rotatable bonds is 0. The molecule has 0 aliphatic carbocycles. The molecule has 1 aliphatic heterocycles. The molecule has 11 heavy (non-hydrogen) atoms. The number of benzene rings is 1. The quantitative estimate of drug-likeness (QED) is 0.729. The third-order valence-electron chi connectivity index (χ3n) is 1.77. The second kappa shape index (κ2) is 2.86. The summed E-state index contributed by atoms with van der Waals surface area (Å²) in [7, 11) is 0. The van der Waals surface area contributed by atoms with Crippen LogP contribution in [0.4, 0.5) is 0 Å². The molecule has 0 saturated heterocycles. The van der Waals surface area contributed by atoms with E-state index in [-0.39, 0.29) is 0 Å². The van der Waals surface area contributed by atoms with E-state index in [1.54, 1.807) is 0 Å². The summed E-state index contributed by atoms with van der Waals surface area (Å²) in [4.78, 5) is 0. The number of hydrogen-bond acceptors (Lipinski definition) is 1. The molecule has 0 amide bonds. The van der Waals surface area contributed by atoms with Crippen molar-refractivity contribution in [2.45, 2.75) is 0 Å². The Kier molecular flexibility index (Phi) is 1.86. The molecule has 0 aromatic heterocycles. The van der Waals surface area contributed by atoms with Crippen LogP contribution in [0.1, 0.15) is 11.1 Å². The molecule has 2 rings (SSSR count). The summed E-state index contributed by atoms with van der Waals surface area (Å²) in [6.45, 7) is 0. The molecule has 2 heteroatoms.